The van der Waals surface area contributed by atoms with Gasteiger partial charge in [-0.1, -0.05) is 11.6 Å². The number of hydrogen-bond acceptors (Lipinski definition) is 7. The fourth-order valence-corrected chi connectivity index (χ4v) is 4.07. The maximum absolute atomic E-state index is 12.8. The van der Waals surface area contributed by atoms with Crippen LogP contribution in [0.5, 0.6) is 5.75 Å². The number of hydrogen-bond donors (Lipinski definition) is 2. The summed E-state index contributed by atoms with van der Waals surface area (Å²) in [4.78, 5) is 43.8. The molecule has 0 aliphatic carbocycles. The first-order chi connectivity index (χ1) is 14.8. The fourth-order valence-electron chi connectivity index (χ4n) is 3.91. The average Bonchev–Trinajstić information content (AvgIpc) is 3.31. The van der Waals surface area contributed by atoms with Crippen LogP contribution in [0.3, 0.4) is 0 Å². The standard InChI is InChI=1S/C20H17ClN4O6/c1-9-8-30-15-7-24-6-11(17(26)18(27)16(24)20(29)25(9)15)19(28)22-5-14-23-12-3-2-10(21)4-13(12)31-14/h2-4,6,9,15,27H,5,7-8H2,1H3,(H,22,28)/t9-,15?/m0/s1. The van der Waals surface area contributed by atoms with Gasteiger partial charge in [0.05, 0.1) is 25.7 Å². The molecule has 2 amide bonds. The zero-order valence-electron chi connectivity index (χ0n) is 16.3. The van der Waals surface area contributed by atoms with Gasteiger partial charge in [0.2, 0.25) is 11.3 Å². The second-order valence-electron chi connectivity index (χ2n) is 7.47. The Morgan fingerprint density at radius 3 is 3.00 bits per heavy atom. The monoisotopic (exact) mass is 444 g/mol. The first-order valence-corrected chi connectivity index (χ1v) is 9.95. The molecule has 3 aromatic rings. The predicted molar refractivity (Wildman–Crippen MR) is 108 cm³/mol. The van der Waals surface area contributed by atoms with Crippen LogP contribution < -0.4 is 10.7 Å². The quantitative estimate of drug-likeness (QED) is 0.626. The summed E-state index contributed by atoms with van der Waals surface area (Å²) in [5.74, 6) is -1.77. The van der Waals surface area contributed by atoms with Crippen molar-refractivity contribution in [1.82, 2.24) is 19.8 Å². The molecule has 1 unspecified atom stereocenters. The van der Waals surface area contributed by atoms with E-state index < -0.39 is 29.2 Å². The molecule has 0 spiro atoms. The van der Waals surface area contributed by atoms with Gasteiger partial charge >= 0.3 is 0 Å². The summed E-state index contributed by atoms with van der Waals surface area (Å²) in [7, 11) is 0. The Morgan fingerprint density at radius 1 is 1.39 bits per heavy atom. The number of nitrogens with zero attached hydrogens (tertiary/aromatic N) is 3. The lowest BCUT2D eigenvalue weighted by molar-refractivity contribution is 0.00624. The third-order valence-electron chi connectivity index (χ3n) is 5.40. The molecule has 0 saturated carbocycles. The van der Waals surface area contributed by atoms with Crippen molar-refractivity contribution in [1.29, 1.82) is 0 Å². The summed E-state index contributed by atoms with van der Waals surface area (Å²) >= 11 is 5.92. The van der Waals surface area contributed by atoms with Crippen LogP contribution >= 0.6 is 11.6 Å². The van der Waals surface area contributed by atoms with Crippen molar-refractivity contribution in [2.45, 2.75) is 32.3 Å². The van der Waals surface area contributed by atoms with E-state index in [1.807, 2.05) is 6.92 Å². The van der Waals surface area contributed by atoms with Gasteiger partial charge in [0.1, 0.15) is 11.1 Å². The SMILES string of the molecule is C[C@H]1COC2Cn3cc(C(=O)NCc4nc5ccc(Cl)cc5o4)c(=O)c(O)c3C(=O)N21. The van der Waals surface area contributed by atoms with Gasteiger partial charge in [-0.25, -0.2) is 4.98 Å². The molecule has 0 radical (unpaired) electrons. The Morgan fingerprint density at radius 2 is 2.19 bits per heavy atom. The number of ether oxygens (including phenoxy) is 1. The molecule has 11 heteroatoms. The summed E-state index contributed by atoms with van der Waals surface area (Å²) in [6.45, 7) is 2.30. The highest BCUT2D eigenvalue weighted by Crippen LogP contribution is 2.29. The van der Waals surface area contributed by atoms with E-state index in [0.717, 1.165) is 0 Å². The molecule has 2 atom stereocenters. The maximum Gasteiger partial charge on any atom is 0.276 e. The van der Waals surface area contributed by atoms with Crippen LogP contribution in [0.25, 0.3) is 11.1 Å². The number of carbonyl (C=O) groups excluding carboxylic acids is 2. The summed E-state index contributed by atoms with van der Waals surface area (Å²) in [5.41, 5.74) is -0.322. The smallest absolute Gasteiger partial charge is 0.276 e. The van der Waals surface area contributed by atoms with Crippen molar-refractivity contribution in [2.75, 3.05) is 6.61 Å². The van der Waals surface area contributed by atoms with E-state index >= 15 is 0 Å². The number of fused-ring (bicyclic) bond motifs is 3. The molecule has 1 aromatic carbocycles. The normalized spacial score (nSPS) is 20.1. The number of oxazole rings is 1. The molecule has 10 nitrogen and oxygen atoms in total. The van der Waals surface area contributed by atoms with E-state index in [0.29, 0.717) is 22.7 Å². The van der Waals surface area contributed by atoms with Gasteiger partial charge in [0.25, 0.3) is 11.8 Å². The second kappa shape index (κ2) is 7.10. The number of pyridine rings is 1. The fraction of sp³-hybridized carbons (Fsp3) is 0.300. The average molecular weight is 445 g/mol. The molecule has 4 heterocycles. The van der Waals surface area contributed by atoms with Gasteiger partial charge in [-0.3, -0.25) is 14.4 Å². The number of aromatic hydroxyl groups is 1. The number of rotatable bonds is 3. The van der Waals surface area contributed by atoms with Gasteiger partial charge in [0, 0.05) is 17.3 Å². The van der Waals surface area contributed by atoms with E-state index in [4.69, 9.17) is 20.8 Å². The van der Waals surface area contributed by atoms with Crippen LogP contribution in [0.15, 0.2) is 33.6 Å². The molecule has 0 bridgehead atoms. The third kappa shape index (κ3) is 3.15. The first kappa shape index (κ1) is 19.6. The lowest BCUT2D eigenvalue weighted by Gasteiger charge is -2.33. The van der Waals surface area contributed by atoms with Gasteiger partial charge in [-0.2, -0.15) is 0 Å². The zero-order chi connectivity index (χ0) is 21.9. The molecule has 1 saturated heterocycles. The number of carbonyl (C=O) groups is 2. The van der Waals surface area contributed by atoms with Crippen molar-refractivity contribution < 1.29 is 23.8 Å². The van der Waals surface area contributed by atoms with Crippen LogP contribution in [0.4, 0.5) is 0 Å². The third-order valence-corrected chi connectivity index (χ3v) is 5.64. The minimum absolute atomic E-state index is 0.0803. The highest BCUT2D eigenvalue weighted by molar-refractivity contribution is 6.31. The minimum Gasteiger partial charge on any atom is -0.503 e. The first-order valence-electron chi connectivity index (χ1n) is 9.57. The Hall–Kier alpha value is -3.37. The summed E-state index contributed by atoms with van der Waals surface area (Å²) in [6, 6.07) is 4.79. The topological polar surface area (TPSA) is 127 Å². The largest absolute Gasteiger partial charge is 0.503 e. The van der Waals surface area contributed by atoms with Crippen molar-refractivity contribution in [3.63, 3.8) is 0 Å². The molecule has 2 aliphatic rings. The summed E-state index contributed by atoms with van der Waals surface area (Å²) in [6.07, 6.45) is 0.750. The van der Waals surface area contributed by atoms with Gasteiger partial charge < -0.3 is 29.0 Å². The maximum atomic E-state index is 12.8. The minimum atomic E-state index is -0.923. The summed E-state index contributed by atoms with van der Waals surface area (Å²) in [5, 5.41) is 13.5. The van der Waals surface area contributed by atoms with Crippen LogP contribution in [-0.4, -0.2) is 50.2 Å². The van der Waals surface area contributed by atoms with Crippen molar-refractivity contribution in [3.8, 4) is 5.75 Å². The van der Waals surface area contributed by atoms with Crippen LogP contribution in [0.1, 0.15) is 33.7 Å². The lowest BCUT2D eigenvalue weighted by Crippen LogP contribution is -2.49. The van der Waals surface area contributed by atoms with Crippen molar-refractivity contribution >= 4 is 34.5 Å². The van der Waals surface area contributed by atoms with Crippen LogP contribution in [-0.2, 0) is 17.8 Å². The lowest BCUT2D eigenvalue weighted by atomic mass is 10.1. The predicted octanol–water partition coefficient (Wildman–Crippen LogP) is 1.48. The Bertz CT molecular complexity index is 1300. The number of aromatic nitrogens is 2. The Kier molecular flexibility index (Phi) is 4.49. The highest BCUT2D eigenvalue weighted by atomic mass is 35.5. The molecular formula is C20H17ClN4O6. The van der Waals surface area contributed by atoms with Gasteiger partial charge in [0.15, 0.2) is 23.3 Å². The second-order valence-corrected chi connectivity index (χ2v) is 7.91. The zero-order valence-corrected chi connectivity index (χ0v) is 17.0. The van der Waals surface area contributed by atoms with Gasteiger partial charge in [-0.15, -0.1) is 0 Å². The molecule has 2 N–H and O–H groups in total. The molecule has 5 rings (SSSR count). The number of amides is 2. The van der Waals surface area contributed by atoms with E-state index in [1.165, 1.54) is 15.7 Å². The van der Waals surface area contributed by atoms with Crippen LogP contribution in [0.2, 0.25) is 5.02 Å². The Balaban J connectivity index is 1.41. The molecule has 1 fully saturated rings. The number of halogens is 1. The van der Waals surface area contributed by atoms with E-state index in [2.05, 4.69) is 10.3 Å². The molecule has 31 heavy (non-hydrogen) atoms. The van der Waals surface area contributed by atoms with E-state index in [1.54, 1.807) is 18.2 Å². The molecule has 2 aromatic heterocycles. The summed E-state index contributed by atoms with van der Waals surface area (Å²) < 4.78 is 12.5. The Labute approximate surface area is 180 Å². The number of nitrogens with one attached hydrogen (secondary N) is 1. The van der Waals surface area contributed by atoms with Crippen molar-refractivity contribution in [3.05, 3.63) is 56.8 Å². The molecule has 2 aliphatic heterocycles. The van der Waals surface area contributed by atoms with Gasteiger partial charge in [-0.05, 0) is 19.1 Å². The number of benzene rings is 1. The molecular weight excluding hydrogens is 428 g/mol. The van der Waals surface area contributed by atoms with Crippen LogP contribution in [0, 0.1) is 0 Å². The van der Waals surface area contributed by atoms with E-state index in [-0.39, 0.29) is 36.3 Å². The van der Waals surface area contributed by atoms with E-state index in [9.17, 15) is 19.5 Å². The van der Waals surface area contributed by atoms with Crippen molar-refractivity contribution in [2.24, 2.45) is 0 Å². The molecule has 160 valence electrons. The highest BCUT2D eigenvalue weighted by Gasteiger charge is 2.42.